The van der Waals surface area contributed by atoms with Crippen molar-refractivity contribution in [2.24, 2.45) is 5.92 Å². The van der Waals surface area contributed by atoms with Gasteiger partial charge >= 0.3 is 0 Å². The number of hydrogen-bond donors (Lipinski definition) is 0. The first-order chi connectivity index (χ1) is 5.28. The Hall–Kier alpha value is 0.440. The van der Waals surface area contributed by atoms with Gasteiger partial charge in [-0.2, -0.15) is 0 Å². The van der Waals surface area contributed by atoms with Crippen LogP contribution in [0.15, 0.2) is 0 Å². The Bertz CT molecular complexity index is 67.6. The standard InChI is InChI=1S/C9H20BrN/c1-4-9(7-10)8-11(5-2)6-3/h9H,4-8H2,1-3H3. The Morgan fingerprint density at radius 2 is 1.73 bits per heavy atom. The third-order valence-corrected chi connectivity index (χ3v) is 3.12. The molecule has 0 fully saturated rings. The molecule has 0 heterocycles. The lowest BCUT2D eigenvalue weighted by atomic mass is 10.1. The van der Waals surface area contributed by atoms with Crippen molar-refractivity contribution >= 4 is 15.9 Å². The normalized spacial score (nSPS) is 13.9. The van der Waals surface area contributed by atoms with E-state index in [0.717, 1.165) is 11.2 Å². The average molecular weight is 222 g/mol. The van der Waals surface area contributed by atoms with Gasteiger partial charge in [0.2, 0.25) is 0 Å². The lowest BCUT2D eigenvalue weighted by Crippen LogP contribution is -2.29. The van der Waals surface area contributed by atoms with Crippen molar-refractivity contribution in [1.82, 2.24) is 4.90 Å². The molecule has 2 heteroatoms. The molecule has 1 atom stereocenters. The summed E-state index contributed by atoms with van der Waals surface area (Å²) >= 11 is 3.54. The summed E-state index contributed by atoms with van der Waals surface area (Å²) in [7, 11) is 0. The predicted molar refractivity (Wildman–Crippen MR) is 55.4 cm³/mol. The van der Waals surface area contributed by atoms with Crippen molar-refractivity contribution in [1.29, 1.82) is 0 Å². The Kier molecular flexibility index (Phi) is 7.39. The zero-order valence-corrected chi connectivity index (χ0v) is 9.52. The van der Waals surface area contributed by atoms with E-state index in [-0.39, 0.29) is 0 Å². The Morgan fingerprint density at radius 3 is 2.00 bits per heavy atom. The molecule has 0 radical (unpaired) electrons. The van der Waals surface area contributed by atoms with Crippen LogP contribution in [0.3, 0.4) is 0 Å². The quantitative estimate of drug-likeness (QED) is 0.624. The molecule has 68 valence electrons. The minimum atomic E-state index is 0.829. The molecule has 0 rings (SSSR count). The van der Waals surface area contributed by atoms with Crippen LogP contribution in [0.4, 0.5) is 0 Å². The Labute approximate surface area is 79.3 Å². The van der Waals surface area contributed by atoms with E-state index in [1.165, 1.54) is 26.1 Å². The molecule has 0 aliphatic carbocycles. The second-order valence-corrected chi connectivity index (χ2v) is 3.56. The third-order valence-electron chi connectivity index (χ3n) is 2.21. The highest BCUT2D eigenvalue weighted by Crippen LogP contribution is 2.08. The molecule has 1 nitrogen and oxygen atoms in total. The van der Waals surface area contributed by atoms with E-state index < -0.39 is 0 Å². The first-order valence-electron chi connectivity index (χ1n) is 4.56. The number of nitrogens with zero attached hydrogens (tertiary/aromatic N) is 1. The van der Waals surface area contributed by atoms with Gasteiger partial charge in [-0.15, -0.1) is 0 Å². The van der Waals surface area contributed by atoms with Gasteiger partial charge < -0.3 is 4.90 Å². The van der Waals surface area contributed by atoms with E-state index in [0.29, 0.717) is 0 Å². The lowest BCUT2D eigenvalue weighted by molar-refractivity contribution is 0.260. The fourth-order valence-corrected chi connectivity index (χ4v) is 1.80. The number of halogens is 1. The monoisotopic (exact) mass is 221 g/mol. The van der Waals surface area contributed by atoms with Crippen molar-refractivity contribution < 1.29 is 0 Å². The van der Waals surface area contributed by atoms with E-state index in [9.17, 15) is 0 Å². The van der Waals surface area contributed by atoms with E-state index in [1.54, 1.807) is 0 Å². The molecule has 0 aromatic carbocycles. The van der Waals surface area contributed by atoms with Gasteiger partial charge in [0.05, 0.1) is 0 Å². The van der Waals surface area contributed by atoms with Crippen molar-refractivity contribution in [3.63, 3.8) is 0 Å². The van der Waals surface area contributed by atoms with Crippen LogP contribution in [0, 0.1) is 5.92 Å². The minimum absolute atomic E-state index is 0.829. The zero-order valence-electron chi connectivity index (χ0n) is 7.94. The van der Waals surface area contributed by atoms with Crippen LogP contribution in [0.25, 0.3) is 0 Å². The molecular formula is C9H20BrN. The van der Waals surface area contributed by atoms with Gasteiger partial charge in [-0.05, 0) is 19.0 Å². The molecule has 11 heavy (non-hydrogen) atoms. The summed E-state index contributed by atoms with van der Waals surface area (Å²) in [5.74, 6) is 0.829. The maximum absolute atomic E-state index is 3.54. The van der Waals surface area contributed by atoms with E-state index in [1.807, 2.05) is 0 Å². The summed E-state index contributed by atoms with van der Waals surface area (Å²) in [4.78, 5) is 2.48. The van der Waals surface area contributed by atoms with E-state index in [4.69, 9.17) is 0 Å². The van der Waals surface area contributed by atoms with E-state index >= 15 is 0 Å². The Morgan fingerprint density at radius 1 is 1.18 bits per heavy atom. The highest BCUT2D eigenvalue weighted by Gasteiger charge is 2.07. The van der Waals surface area contributed by atoms with Crippen LogP contribution in [0.5, 0.6) is 0 Å². The molecule has 0 aromatic heterocycles. The molecule has 0 saturated carbocycles. The first kappa shape index (κ1) is 11.4. The molecular weight excluding hydrogens is 202 g/mol. The molecule has 0 N–H and O–H groups in total. The molecule has 0 saturated heterocycles. The van der Waals surface area contributed by atoms with Crippen LogP contribution in [0.1, 0.15) is 27.2 Å². The molecule has 0 aromatic rings. The van der Waals surface area contributed by atoms with Crippen molar-refractivity contribution in [3.05, 3.63) is 0 Å². The third kappa shape index (κ3) is 4.81. The second kappa shape index (κ2) is 7.11. The summed E-state index contributed by atoms with van der Waals surface area (Å²) in [5.41, 5.74) is 0. The lowest BCUT2D eigenvalue weighted by Gasteiger charge is -2.22. The second-order valence-electron chi connectivity index (χ2n) is 2.91. The van der Waals surface area contributed by atoms with E-state index in [2.05, 4.69) is 41.6 Å². The SMILES string of the molecule is CCC(CBr)CN(CC)CC. The van der Waals surface area contributed by atoms with Crippen molar-refractivity contribution in [2.45, 2.75) is 27.2 Å². The smallest absolute Gasteiger partial charge is 0.00717 e. The maximum atomic E-state index is 3.54. The number of rotatable bonds is 6. The van der Waals surface area contributed by atoms with Crippen LogP contribution in [-0.2, 0) is 0 Å². The summed E-state index contributed by atoms with van der Waals surface area (Å²) in [6.45, 7) is 10.3. The van der Waals surface area contributed by atoms with Gasteiger partial charge in [0, 0.05) is 11.9 Å². The van der Waals surface area contributed by atoms with Crippen LogP contribution in [-0.4, -0.2) is 29.9 Å². The summed E-state index contributed by atoms with van der Waals surface area (Å²) in [6, 6.07) is 0. The van der Waals surface area contributed by atoms with Gasteiger partial charge in [-0.3, -0.25) is 0 Å². The average Bonchev–Trinajstić information content (AvgIpc) is 2.07. The zero-order chi connectivity index (χ0) is 8.69. The van der Waals surface area contributed by atoms with Crippen molar-refractivity contribution in [2.75, 3.05) is 25.0 Å². The minimum Gasteiger partial charge on any atom is -0.304 e. The van der Waals surface area contributed by atoms with Crippen LogP contribution >= 0.6 is 15.9 Å². The largest absolute Gasteiger partial charge is 0.304 e. The highest BCUT2D eigenvalue weighted by atomic mass is 79.9. The van der Waals surface area contributed by atoms with Gasteiger partial charge in [0.15, 0.2) is 0 Å². The summed E-state index contributed by atoms with van der Waals surface area (Å²) < 4.78 is 0. The number of alkyl halides is 1. The fraction of sp³-hybridized carbons (Fsp3) is 1.00. The molecule has 0 spiro atoms. The highest BCUT2D eigenvalue weighted by molar-refractivity contribution is 9.09. The van der Waals surface area contributed by atoms with Gasteiger partial charge in [-0.1, -0.05) is 43.1 Å². The van der Waals surface area contributed by atoms with Gasteiger partial charge in [0.1, 0.15) is 0 Å². The van der Waals surface area contributed by atoms with Crippen LogP contribution < -0.4 is 0 Å². The Balaban J connectivity index is 3.58. The van der Waals surface area contributed by atoms with Crippen LogP contribution in [0.2, 0.25) is 0 Å². The summed E-state index contributed by atoms with van der Waals surface area (Å²) in [5, 5.41) is 1.14. The van der Waals surface area contributed by atoms with Gasteiger partial charge in [-0.25, -0.2) is 0 Å². The number of hydrogen-bond acceptors (Lipinski definition) is 1. The predicted octanol–water partition coefficient (Wildman–Crippen LogP) is 2.75. The molecule has 0 aliphatic rings. The molecule has 0 aliphatic heterocycles. The molecule has 0 bridgehead atoms. The summed E-state index contributed by atoms with van der Waals surface area (Å²) in [6.07, 6.45) is 1.28. The fourth-order valence-electron chi connectivity index (χ4n) is 1.13. The van der Waals surface area contributed by atoms with Gasteiger partial charge in [0.25, 0.3) is 0 Å². The maximum Gasteiger partial charge on any atom is 0.00717 e. The molecule has 0 amide bonds. The van der Waals surface area contributed by atoms with Crippen molar-refractivity contribution in [3.8, 4) is 0 Å². The topological polar surface area (TPSA) is 3.24 Å². The first-order valence-corrected chi connectivity index (χ1v) is 5.68. The molecule has 1 unspecified atom stereocenters.